The second-order valence-electron chi connectivity index (χ2n) is 17.4. The number of pyridine rings is 1. The molecule has 2 heterocycles. The van der Waals surface area contributed by atoms with Gasteiger partial charge < -0.3 is 5.11 Å². The standard InChI is InChI=1S/C35H37F3NSSi.C13H24O2.Ir/c1-22-27-17-18-39-30(25-19-24-11-9-10-12-28(24)29(20-25)33(2,3)4)31(27)40-32(22)41(7,8)26-15-13-23(14-16-26)21-34(5,6)35(36,37)38;1-5-10(6-2)12(14)9-13(15)11(7-3)8-4;/h9-18,20H,21H2,1-8H3;9-11,14H,5-8H2,1-4H3;/q-1;;/b;12-9-;. The van der Waals surface area contributed by atoms with Crippen LogP contribution in [0.3, 0.4) is 0 Å². The molecule has 0 atom stereocenters. The first kappa shape index (κ1) is 48.3. The van der Waals surface area contributed by atoms with Crippen LogP contribution in [0.1, 0.15) is 105 Å². The minimum Gasteiger partial charge on any atom is -0.512 e. The van der Waals surface area contributed by atoms with Gasteiger partial charge in [-0.3, -0.25) is 9.78 Å². The summed E-state index contributed by atoms with van der Waals surface area (Å²) >= 11 is 1.81. The molecule has 0 unspecified atom stereocenters. The summed E-state index contributed by atoms with van der Waals surface area (Å²) in [5.74, 6) is 0.547. The number of nitrogens with zero attached hydrogens (tertiary/aromatic N) is 1. The fraction of sp³-hybridized carbons (Fsp3) is 0.458. The van der Waals surface area contributed by atoms with Crippen LogP contribution in [0.5, 0.6) is 0 Å². The summed E-state index contributed by atoms with van der Waals surface area (Å²) in [5, 5.41) is 14.5. The number of aliphatic hydroxyl groups excluding tert-OH is 1. The summed E-state index contributed by atoms with van der Waals surface area (Å²) in [7, 11) is -2.15. The van der Waals surface area contributed by atoms with E-state index in [4.69, 9.17) is 4.98 Å². The number of halogens is 3. The summed E-state index contributed by atoms with van der Waals surface area (Å²) in [6.07, 6.45) is 2.53. The first-order chi connectivity index (χ1) is 26.1. The molecule has 0 aliphatic carbocycles. The van der Waals surface area contributed by atoms with E-state index < -0.39 is 19.7 Å². The van der Waals surface area contributed by atoms with E-state index in [1.807, 2.05) is 69.5 Å². The molecule has 0 saturated heterocycles. The third-order valence-electron chi connectivity index (χ3n) is 11.4. The van der Waals surface area contributed by atoms with Crippen LogP contribution in [0, 0.1) is 30.2 Å². The molecule has 1 radical (unpaired) electrons. The molecule has 57 heavy (non-hydrogen) atoms. The summed E-state index contributed by atoms with van der Waals surface area (Å²) in [4.78, 5) is 16.6. The number of rotatable bonds is 12. The Labute approximate surface area is 358 Å². The van der Waals surface area contributed by atoms with Crippen molar-refractivity contribution in [3.63, 3.8) is 0 Å². The molecule has 311 valence electrons. The van der Waals surface area contributed by atoms with Gasteiger partial charge in [-0.25, -0.2) is 0 Å². The quantitative estimate of drug-likeness (QED) is 0.0586. The first-order valence-corrected chi connectivity index (χ1v) is 23.9. The molecule has 0 aliphatic rings. The van der Waals surface area contributed by atoms with Gasteiger partial charge in [-0.05, 0) is 71.5 Å². The topological polar surface area (TPSA) is 50.2 Å². The van der Waals surface area contributed by atoms with Gasteiger partial charge in [-0.15, -0.1) is 29.1 Å². The molecule has 3 aromatic carbocycles. The molecule has 2 aromatic heterocycles. The molecule has 0 spiro atoms. The second kappa shape index (κ2) is 19.3. The fourth-order valence-electron chi connectivity index (χ4n) is 7.47. The van der Waals surface area contributed by atoms with Crippen LogP contribution >= 0.6 is 11.3 Å². The van der Waals surface area contributed by atoms with Crippen molar-refractivity contribution in [3.8, 4) is 11.3 Å². The predicted molar refractivity (Wildman–Crippen MR) is 235 cm³/mol. The Kier molecular flexibility index (Phi) is 16.3. The van der Waals surface area contributed by atoms with Crippen LogP contribution in [0.25, 0.3) is 32.1 Å². The Morgan fingerprint density at radius 1 is 0.877 bits per heavy atom. The van der Waals surface area contributed by atoms with Crippen LogP contribution in [-0.2, 0) is 36.7 Å². The maximum Gasteiger partial charge on any atom is 0.394 e. The van der Waals surface area contributed by atoms with Crippen molar-refractivity contribution in [3.05, 3.63) is 101 Å². The van der Waals surface area contributed by atoms with Gasteiger partial charge in [0, 0.05) is 54.6 Å². The molecule has 5 rings (SSSR count). The van der Waals surface area contributed by atoms with Crippen LogP contribution in [0.2, 0.25) is 13.1 Å². The van der Waals surface area contributed by atoms with E-state index in [1.54, 1.807) is 0 Å². The smallest absolute Gasteiger partial charge is 0.394 e. The van der Waals surface area contributed by atoms with E-state index in [2.05, 4.69) is 83.3 Å². The SMILES string of the molecule is CCC(CC)C(=O)/C=C(\O)C(CC)CC.Cc1c([Si](C)(C)c2ccc(CC(C)(C)C(F)(F)F)cc2)sc2c(-c3[c-]c4ccccc4c(C(C)(C)C)c3)nccc12.[Ir]. The number of fused-ring (bicyclic) bond motifs is 2. The number of benzene rings is 3. The normalized spacial score (nSPS) is 12.9. The Morgan fingerprint density at radius 3 is 2.00 bits per heavy atom. The predicted octanol–water partition coefficient (Wildman–Crippen LogP) is 13.3. The molecule has 0 fully saturated rings. The molecule has 3 nitrogen and oxygen atoms in total. The number of allylic oxidation sites excluding steroid dienone is 2. The summed E-state index contributed by atoms with van der Waals surface area (Å²) in [6, 6.07) is 24.3. The molecule has 0 aliphatic heterocycles. The van der Waals surface area contributed by atoms with Crippen molar-refractivity contribution < 1.29 is 43.2 Å². The maximum absolute atomic E-state index is 13.5. The molecule has 5 aromatic rings. The molecular weight excluding hydrogens is 932 g/mol. The molecule has 0 saturated carbocycles. The summed E-state index contributed by atoms with van der Waals surface area (Å²) in [6.45, 7) is 24.2. The van der Waals surface area contributed by atoms with Crippen molar-refractivity contribution >= 4 is 55.7 Å². The van der Waals surface area contributed by atoms with E-state index >= 15 is 0 Å². The van der Waals surface area contributed by atoms with E-state index in [0.29, 0.717) is 5.56 Å². The molecule has 1 N–H and O–H groups in total. The zero-order valence-electron chi connectivity index (χ0n) is 35.8. The molecule has 0 amide bonds. The number of aryl methyl sites for hydroxylation is 1. The average molecular weight is 993 g/mol. The Bertz CT molecular complexity index is 2160. The van der Waals surface area contributed by atoms with Gasteiger partial charge >= 0.3 is 6.18 Å². The number of hydrogen-bond donors (Lipinski definition) is 1. The van der Waals surface area contributed by atoms with Gasteiger partial charge in [-0.1, -0.05) is 134 Å². The first-order valence-electron chi connectivity index (χ1n) is 20.1. The minimum atomic E-state index is -4.24. The minimum absolute atomic E-state index is 0. The van der Waals surface area contributed by atoms with Crippen LogP contribution in [0.15, 0.2) is 78.7 Å². The molecular formula is C48H61F3IrNO2SSi-. The Hall–Kier alpha value is -3.10. The third-order valence-corrected chi connectivity index (χ3v) is 17.7. The fourth-order valence-corrected chi connectivity index (χ4v) is 12.5. The monoisotopic (exact) mass is 993 g/mol. The number of ketones is 1. The number of alkyl halides is 3. The molecule has 0 bridgehead atoms. The van der Waals surface area contributed by atoms with E-state index in [-0.39, 0.29) is 55.3 Å². The number of hydrogen-bond acceptors (Lipinski definition) is 4. The van der Waals surface area contributed by atoms with Crippen molar-refractivity contribution in [1.29, 1.82) is 0 Å². The van der Waals surface area contributed by atoms with Gasteiger partial charge in [0.25, 0.3) is 0 Å². The number of thiophene rings is 1. The molecule has 9 heteroatoms. The number of aromatic nitrogens is 1. The average Bonchev–Trinajstić information content (AvgIpc) is 3.48. The maximum atomic E-state index is 13.5. The van der Waals surface area contributed by atoms with E-state index in [0.717, 1.165) is 47.0 Å². The zero-order chi connectivity index (χ0) is 41.8. The van der Waals surface area contributed by atoms with E-state index in [1.165, 1.54) is 51.5 Å². The number of aliphatic hydroxyl groups is 1. The van der Waals surface area contributed by atoms with Crippen molar-refractivity contribution in [1.82, 2.24) is 4.98 Å². The van der Waals surface area contributed by atoms with Gasteiger partial charge in [-0.2, -0.15) is 24.5 Å². The van der Waals surface area contributed by atoms with Crippen LogP contribution in [-0.4, -0.2) is 30.1 Å². The van der Waals surface area contributed by atoms with Gasteiger partial charge in [0.05, 0.1) is 11.2 Å². The summed E-state index contributed by atoms with van der Waals surface area (Å²) in [5.41, 5.74) is 3.41. The Morgan fingerprint density at radius 2 is 1.46 bits per heavy atom. The largest absolute Gasteiger partial charge is 0.512 e. The van der Waals surface area contributed by atoms with Gasteiger partial charge in [0.15, 0.2) is 5.78 Å². The number of carbonyl (C=O) groups excluding carboxylic acids is 1. The van der Waals surface area contributed by atoms with Crippen molar-refractivity contribution in [2.24, 2.45) is 17.3 Å². The van der Waals surface area contributed by atoms with Crippen molar-refractivity contribution in [2.75, 3.05) is 0 Å². The van der Waals surface area contributed by atoms with E-state index in [9.17, 15) is 23.1 Å². The second-order valence-corrected chi connectivity index (χ2v) is 23.1. The Balaban J connectivity index is 0.000000464. The number of carbonyl (C=O) groups is 1. The summed E-state index contributed by atoms with van der Waals surface area (Å²) < 4.78 is 42.9. The van der Waals surface area contributed by atoms with Crippen LogP contribution < -0.4 is 9.69 Å². The third kappa shape index (κ3) is 10.9. The van der Waals surface area contributed by atoms with Crippen molar-refractivity contribution in [2.45, 2.75) is 126 Å². The van der Waals surface area contributed by atoms with Gasteiger partial charge in [0.1, 0.15) is 8.07 Å². The van der Waals surface area contributed by atoms with Crippen LogP contribution in [0.4, 0.5) is 13.2 Å². The zero-order valence-corrected chi connectivity index (χ0v) is 40.0. The van der Waals surface area contributed by atoms with Gasteiger partial charge in [0.2, 0.25) is 0 Å².